The van der Waals surface area contributed by atoms with Crippen LogP contribution in [0.3, 0.4) is 0 Å². The van der Waals surface area contributed by atoms with Crippen LogP contribution in [0.15, 0.2) is 54.6 Å². The number of allylic oxidation sites excluding steroid dienone is 1. The van der Waals surface area contributed by atoms with Gasteiger partial charge in [-0.05, 0) is 73.7 Å². The van der Waals surface area contributed by atoms with Gasteiger partial charge in [-0.25, -0.2) is 8.78 Å². The lowest BCUT2D eigenvalue weighted by molar-refractivity contribution is 0.0645. The van der Waals surface area contributed by atoms with Crippen molar-refractivity contribution in [2.45, 2.75) is 39.5 Å². The van der Waals surface area contributed by atoms with Gasteiger partial charge < -0.3 is 14.8 Å². The number of nitrogens with one attached hydrogen (secondary N) is 1. The number of nitrogens with zero attached hydrogens (tertiary/aromatic N) is 2. The molecule has 5 rings (SSSR count). The van der Waals surface area contributed by atoms with Crippen LogP contribution < -0.4 is 0 Å². The summed E-state index contributed by atoms with van der Waals surface area (Å²) in [7, 11) is 0. The average Bonchev–Trinajstić information content (AvgIpc) is 3.33. The van der Waals surface area contributed by atoms with Crippen molar-refractivity contribution in [3.8, 4) is 0 Å². The molecule has 2 fully saturated rings. The summed E-state index contributed by atoms with van der Waals surface area (Å²) in [6.07, 6.45) is 8.97. The van der Waals surface area contributed by atoms with E-state index in [-0.39, 0.29) is 16.7 Å². The van der Waals surface area contributed by atoms with Gasteiger partial charge >= 0.3 is 0 Å². The van der Waals surface area contributed by atoms with Crippen molar-refractivity contribution in [2.75, 3.05) is 32.7 Å². The third-order valence-electron chi connectivity index (χ3n) is 8.72. The molecule has 2 unspecified atom stereocenters. The number of carbonyl (C=O) groups is 1. The first-order valence-corrected chi connectivity index (χ1v) is 13.5. The molecule has 2 aromatic carbocycles. The summed E-state index contributed by atoms with van der Waals surface area (Å²) in [5, 5.41) is 0.252. The predicted octanol–water partition coefficient (Wildman–Crippen LogP) is 6.75. The molecule has 2 aliphatic rings. The summed E-state index contributed by atoms with van der Waals surface area (Å²) in [4.78, 5) is 20.3. The van der Waals surface area contributed by atoms with Gasteiger partial charge in [0.2, 0.25) is 0 Å². The Hall–Kier alpha value is -2.99. The molecule has 1 N–H and O–H groups in total. The van der Waals surface area contributed by atoms with Crippen molar-refractivity contribution < 1.29 is 13.6 Å². The van der Waals surface area contributed by atoms with Crippen LogP contribution in [-0.2, 0) is 0 Å². The Bertz CT molecular complexity index is 1260. The van der Waals surface area contributed by atoms with Gasteiger partial charge in [-0.2, -0.15) is 0 Å². The molecule has 37 heavy (non-hydrogen) atoms. The molecule has 4 nitrogen and oxygen atoms in total. The monoisotopic (exact) mass is 505 g/mol. The number of likely N-dealkylation sites (tertiary alicyclic amines) is 2. The van der Waals surface area contributed by atoms with Gasteiger partial charge in [-0.1, -0.05) is 56.3 Å². The number of piperidine rings is 2. The molecular weight excluding hydrogens is 468 g/mol. The zero-order chi connectivity index (χ0) is 26.0. The van der Waals surface area contributed by atoms with E-state index in [0.29, 0.717) is 36.1 Å². The minimum absolute atomic E-state index is 0.137. The van der Waals surface area contributed by atoms with Crippen molar-refractivity contribution >= 4 is 22.9 Å². The molecule has 2 atom stereocenters. The van der Waals surface area contributed by atoms with Crippen LogP contribution in [0.25, 0.3) is 17.0 Å². The molecule has 0 bridgehead atoms. The number of benzene rings is 2. The topological polar surface area (TPSA) is 39.3 Å². The molecule has 1 aromatic heterocycles. The number of hydrogen-bond donors (Lipinski definition) is 1. The van der Waals surface area contributed by atoms with E-state index in [1.54, 1.807) is 0 Å². The van der Waals surface area contributed by atoms with Crippen LogP contribution in [0.1, 0.15) is 55.6 Å². The fraction of sp³-hybridized carbons (Fsp3) is 0.452. The lowest BCUT2D eigenvalue weighted by Gasteiger charge is -2.43. The van der Waals surface area contributed by atoms with E-state index in [0.717, 1.165) is 45.0 Å². The highest BCUT2D eigenvalue weighted by atomic mass is 19.1. The number of halogens is 2. The highest BCUT2D eigenvalue weighted by Crippen LogP contribution is 2.38. The summed E-state index contributed by atoms with van der Waals surface area (Å²) in [6, 6.07) is 14.1. The molecule has 2 saturated heterocycles. The standard InChI is InChI=1S/C31H37F2N3O/c1-22-21-35(17-13-31(22,2)12-8-23-6-4-3-5-7-23)14-9-24-10-15-36(16-11-24)30(37)29-20-26-27(33)18-25(32)19-28(26)34-29/h3-8,12,18-20,22,24,34H,9-11,13-17,21H2,1-2H3/b12-8-. The number of aromatic nitrogens is 1. The molecule has 1 amide bonds. The second kappa shape index (κ2) is 10.8. The summed E-state index contributed by atoms with van der Waals surface area (Å²) >= 11 is 0. The number of amides is 1. The quantitative estimate of drug-likeness (QED) is 0.403. The van der Waals surface area contributed by atoms with Crippen molar-refractivity contribution in [3.05, 3.63) is 77.5 Å². The summed E-state index contributed by atoms with van der Waals surface area (Å²) in [5.74, 6) is -0.232. The van der Waals surface area contributed by atoms with Crippen molar-refractivity contribution in [1.29, 1.82) is 0 Å². The molecule has 0 spiro atoms. The molecule has 196 valence electrons. The van der Waals surface area contributed by atoms with Gasteiger partial charge in [0.15, 0.2) is 0 Å². The molecule has 2 aliphatic heterocycles. The summed E-state index contributed by atoms with van der Waals surface area (Å²) in [5.41, 5.74) is 2.12. The van der Waals surface area contributed by atoms with E-state index in [9.17, 15) is 13.6 Å². The zero-order valence-corrected chi connectivity index (χ0v) is 21.9. The Morgan fingerprint density at radius 1 is 1.11 bits per heavy atom. The molecule has 3 heterocycles. The van der Waals surface area contributed by atoms with Crippen LogP contribution in [0.4, 0.5) is 8.78 Å². The van der Waals surface area contributed by atoms with Crippen LogP contribution in [-0.4, -0.2) is 53.4 Å². The number of fused-ring (bicyclic) bond motifs is 1. The highest BCUT2D eigenvalue weighted by molar-refractivity contribution is 5.98. The number of aromatic amines is 1. The van der Waals surface area contributed by atoms with E-state index < -0.39 is 11.6 Å². The Kier molecular flexibility index (Phi) is 7.47. The second-order valence-electron chi connectivity index (χ2n) is 11.3. The van der Waals surface area contributed by atoms with Gasteiger partial charge in [0, 0.05) is 31.1 Å². The van der Waals surface area contributed by atoms with E-state index in [4.69, 9.17) is 0 Å². The SMILES string of the molecule is CC1CN(CCC2CCN(C(=O)c3cc4c(F)cc(F)cc4[nH]3)CC2)CCC1(C)/C=C\c1ccccc1. The van der Waals surface area contributed by atoms with Gasteiger partial charge in [0.1, 0.15) is 17.3 Å². The van der Waals surface area contributed by atoms with Crippen LogP contribution in [0.2, 0.25) is 0 Å². The maximum absolute atomic E-state index is 14.0. The third-order valence-corrected chi connectivity index (χ3v) is 8.72. The number of H-pyrrole nitrogens is 1. The first kappa shape index (κ1) is 25.7. The van der Waals surface area contributed by atoms with Gasteiger partial charge in [-0.3, -0.25) is 4.79 Å². The van der Waals surface area contributed by atoms with E-state index in [1.807, 2.05) is 4.90 Å². The lowest BCUT2D eigenvalue weighted by Crippen LogP contribution is -2.45. The molecular formula is C31H37F2N3O. The number of rotatable bonds is 6. The Morgan fingerprint density at radius 2 is 1.86 bits per heavy atom. The second-order valence-corrected chi connectivity index (χ2v) is 11.3. The fourth-order valence-corrected chi connectivity index (χ4v) is 5.87. The number of hydrogen-bond acceptors (Lipinski definition) is 2. The lowest BCUT2D eigenvalue weighted by atomic mass is 9.72. The minimum atomic E-state index is -0.650. The molecule has 3 aromatic rings. The Labute approximate surface area is 218 Å². The first-order valence-electron chi connectivity index (χ1n) is 13.5. The van der Waals surface area contributed by atoms with E-state index >= 15 is 0 Å². The Balaban J connectivity index is 1.08. The normalized spacial score (nSPS) is 23.8. The van der Waals surface area contributed by atoms with Crippen molar-refractivity contribution in [3.63, 3.8) is 0 Å². The summed E-state index contributed by atoms with van der Waals surface area (Å²) in [6.45, 7) is 9.51. The van der Waals surface area contributed by atoms with E-state index in [2.05, 4.69) is 66.2 Å². The smallest absolute Gasteiger partial charge is 0.270 e. The van der Waals surface area contributed by atoms with E-state index in [1.165, 1.54) is 24.1 Å². The third kappa shape index (κ3) is 5.80. The average molecular weight is 506 g/mol. The van der Waals surface area contributed by atoms with Crippen molar-refractivity contribution in [2.24, 2.45) is 17.3 Å². The zero-order valence-electron chi connectivity index (χ0n) is 21.9. The first-order chi connectivity index (χ1) is 17.8. The largest absolute Gasteiger partial charge is 0.350 e. The van der Waals surface area contributed by atoms with Crippen LogP contribution >= 0.6 is 0 Å². The predicted molar refractivity (Wildman–Crippen MR) is 145 cm³/mol. The van der Waals surface area contributed by atoms with Crippen LogP contribution in [0.5, 0.6) is 0 Å². The maximum atomic E-state index is 14.0. The van der Waals surface area contributed by atoms with Gasteiger partial charge in [0.05, 0.1) is 5.52 Å². The Morgan fingerprint density at radius 3 is 2.59 bits per heavy atom. The van der Waals surface area contributed by atoms with Crippen molar-refractivity contribution in [1.82, 2.24) is 14.8 Å². The minimum Gasteiger partial charge on any atom is -0.350 e. The molecule has 0 saturated carbocycles. The molecule has 0 aliphatic carbocycles. The van der Waals surface area contributed by atoms with Crippen LogP contribution in [0, 0.1) is 28.9 Å². The molecule has 6 heteroatoms. The number of carbonyl (C=O) groups excluding carboxylic acids is 1. The van der Waals surface area contributed by atoms with Gasteiger partial charge in [-0.15, -0.1) is 0 Å². The fourth-order valence-electron chi connectivity index (χ4n) is 5.87. The molecule has 0 radical (unpaired) electrons. The maximum Gasteiger partial charge on any atom is 0.270 e. The highest BCUT2D eigenvalue weighted by Gasteiger charge is 2.34. The van der Waals surface area contributed by atoms with Gasteiger partial charge in [0.25, 0.3) is 5.91 Å². The summed E-state index contributed by atoms with van der Waals surface area (Å²) < 4.78 is 27.5.